The fraction of sp³-hybridized carbons (Fsp3) is 0.115. The third-order valence-corrected chi connectivity index (χ3v) is 6.59. The molecule has 1 fully saturated rings. The molecule has 0 atom stereocenters. The highest BCUT2D eigenvalue weighted by Crippen LogP contribution is 2.35. The van der Waals surface area contributed by atoms with E-state index in [2.05, 4.69) is 20.9 Å². The van der Waals surface area contributed by atoms with E-state index in [4.69, 9.17) is 9.84 Å². The van der Waals surface area contributed by atoms with Crippen LogP contribution in [-0.2, 0) is 11.4 Å². The third kappa shape index (κ3) is 5.58. The van der Waals surface area contributed by atoms with Crippen molar-refractivity contribution < 1.29 is 19.4 Å². The molecule has 0 bridgehead atoms. The number of aliphatic imine (C=N–C) groups is 1. The maximum absolute atomic E-state index is 13.0. The maximum Gasteiger partial charge on any atom is 0.335 e. The number of halogens is 1. The van der Waals surface area contributed by atoms with Crippen LogP contribution in [0.3, 0.4) is 0 Å². The molecule has 1 heterocycles. The Kier molecular flexibility index (Phi) is 7.49. The molecule has 8 heteroatoms. The van der Waals surface area contributed by atoms with Crippen LogP contribution < -0.4 is 4.74 Å². The molecule has 1 aliphatic rings. The molecule has 1 N–H and O–H groups in total. The van der Waals surface area contributed by atoms with Crippen LogP contribution in [-0.4, -0.2) is 33.6 Å². The van der Waals surface area contributed by atoms with Crippen molar-refractivity contribution in [3.63, 3.8) is 0 Å². The molecular weight excluding hydrogens is 516 g/mol. The second kappa shape index (κ2) is 10.7. The molecule has 1 amide bonds. The van der Waals surface area contributed by atoms with E-state index >= 15 is 0 Å². The number of likely N-dealkylation sites (N-methyl/N-ethyl adjacent to an activating group) is 1. The highest BCUT2D eigenvalue weighted by Gasteiger charge is 2.32. The monoisotopic (exact) mass is 536 g/mol. The van der Waals surface area contributed by atoms with Crippen molar-refractivity contribution in [3.8, 4) is 5.75 Å². The molecule has 6 nitrogen and oxygen atoms in total. The first-order chi connectivity index (χ1) is 16.4. The zero-order valence-electron chi connectivity index (χ0n) is 18.3. The van der Waals surface area contributed by atoms with Gasteiger partial charge in [0, 0.05) is 16.6 Å². The highest BCUT2D eigenvalue weighted by molar-refractivity contribution is 9.10. The Morgan fingerprint density at radius 1 is 1.09 bits per heavy atom. The molecule has 0 unspecified atom stereocenters. The average molecular weight is 537 g/mol. The van der Waals surface area contributed by atoms with E-state index in [9.17, 15) is 9.59 Å². The number of amides is 1. The smallest absolute Gasteiger partial charge is 0.335 e. The lowest BCUT2D eigenvalue weighted by Crippen LogP contribution is -2.28. The summed E-state index contributed by atoms with van der Waals surface area (Å²) in [5, 5.41) is 9.68. The van der Waals surface area contributed by atoms with Gasteiger partial charge in [-0.1, -0.05) is 46.3 Å². The van der Waals surface area contributed by atoms with Gasteiger partial charge < -0.3 is 9.84 Å². The van der Waals surface area contributed by atoms with Crippen molar-refractivity contribution in [1.82, 2.24) is 4.90 Å². The largest absolute Gasteiger partial charge is 0.488 e. The Labute approximate surface area is 210 Å². The van der Waals surface area contributed by atoms with Gasteiger partial charge in [0.1, 0.15) is 12.4 Å². The number of hydrogen-bond acceptors (Lipinski definition) is 5. The van der Waals surface area contributed by atoms with E-state index in [0.717, 1.165) is 21.3 Å². The van der Waals surface area contributed by atoms with Gasteiger partial charge in [-0.2, -0.15) is 0 Å². The number of carboxylic acids is 1. The molecule has 172 valence electrons. The minimum absolute atomic E-state index is 0.0950. The van der Waals surface area contributed by atoms with Crippen LogP contribution in [0.5, 0.6) is 5.75 Å². The van der Waals surface area contributed by atoms with Crippen molar-refractivity contribution in [2.45, 2.75) is 13.5 Å². The van der Waals surface area contributed by atoms with Gasteiger partial charge in [-0.3, -0.25) is 9.69 Å². The van der Waals surface area contributed by atoms with Crippen molar-refractivity contribution >= 4 is 56.5 Å². The molecule has 34 heavy (non-hydrogen) atoms. The van der Waals surface area contributed by atoms with E-state index in [1.54, 1.807) is 29.2 Å². The Morgan fingerprint density at radius 3 is 2.47 bits per heavy atom. The summed E-state index contributed by atoms with van der Waals surface area (Å²) in [5.74, 6) is -0.429. The number of amidine groups is 1. The number of carbonyl (C=O) groups excluding carboxylic acids is 1. The molecule has 4 rings (SSSR count). The first-order valence-corrected chi connectivity index (χ1v) is 12.2. The Bertz CT molecular complexity index is 1270. The van der Waals surface area contributed by atoms with Gasteiger partial charge in [-0.05, 0) is 72.8 Å². The zero-order valence-corrected chi connectivity index (χ0v) is 20.7. The molecule has 0 spiro atoms. The standard InChI is InChI=1S/C26H21BrN2O4S/c1-2-29-24(30)23(34-26(29)28-21-13-11-20(27)12-14-21)15-19-5-3-4-6-22(19)33-16-17-7-9-18(10-8-17)25(31)32/h3-15H,2,16H2,1H3,(H,31,32)/b23-15-,28-26?. The van der Waals surface area contributed by atoms with Gasteiger partial charge in [0.05, 0.1) is 16.2 Å². The maximum atomic E-state index is 13.0. The highest BCUT2D eigenvalue weighted by atomic mass is 79.9. The van der Waals surface area contributed by atoms with Crippen LogP contribution in [0.2, 0.25) is 0 Å². The van der Waals surface area contributed by atoms with E-state index in [1.165, 1.54) is 11.8 Å². The molecule has 0 aliphatic carbocycles. The number of carbonyl (C=O) groups is 2. The van der Waals surface area contributed by atoms with Crippen LogP contribution in [0.1, 0.15) is 28.4 Å². The number of hydrogen-bond donors (Lipinski definition) is 1. The van der Waals surface area contributed by atoms with Gasteiger partial charge >= 0.3 is 5.97 Å². The molecular formula is C26H21BrN2O4S. The summed E-state index contributed by atoms with van der Waals surface area (Å²) in [5.41, 5.74) is 2.63. The molecule has 1 aliphatic heterocycles. The molecule has 3 aromatic carbocycles. The fourth-order valence-electron chi connectivity index (χ4n) is 3.27. The zero-order chi connectivity index (χ0) is 24.1. The topological polar surface area (TPSA) is 79.2 Å². The van der Waals surface area contributed by atoms with E-state index in [0.29, 0.717) is 22.4 Å². The fourth-order valence-corrected chi connectivity index (χ4v) is 4.59. The summed E-state index contributed by atoms with van der Waals surface area (Å²) >= 11 is 4.76. The molecule has 0 saturated carbocycles. The number of carboxylic acid groups (broad SMARTS) is 1. The van der Waals surface area contributed by atoms with Crippen molar-refractivity contribution in [2.24, 2.45) is 4.99 Å². The number of benzene rings is 3. The normalized spacial score (nSPS) is 15.8. The second-order valence-corrected chi connectivity index (χ2v) is 9.28. The number of nitrogens with zero attached hydrogens (tertiary/aromatic N) is 2. The number of aromatic carboxylic acids is 1. The van der Waals surface area contributed by atoms with E-state index in [-0.39, 0.29) is 18.1 Å². The lowest BCUT2D eigenvalue weighted by Gasteiger charge is -2.12. The first-order valence-electron chi connectivity index (χ1n) is 10.5. The van der Waals surface area contributed by atoms with E-state index < -0.39 is 5.97 Å². The molecule has 0 radical (unpaired) electrons. The van der Waals surface area contributed by atoms with Crippen LogP contribution >= 0.6 is 27.7 Å². The number of thioether (sulfide) groups is 1. The quantitative estimate of drug-likeness (QED) is 0.356. The minimum atomic E-state index is -0.965. The lowest BCUT2D eigenvalue weighted by atomic mass is 10.1. The predicted molar refractivity (Wildman–Crippen MR) is 138 cm³/mol. The summed E-state index contributed by atoms with van der Waals surface area (Å²) < 4.78 is 6.96. The van der Waals surface area contributed by atoms with Gasteiger partial charge in [-0.25, -0.2) is 9.79 Å². The number of para-hydroxylation sites is 1. The third-order valence-electron chi connectivity index (χ3n) is 5.06. The Hall–Kier alpha value is -3.36. The Morgan fingerprint density at radius 2 is 1.79 bits per heavy atom. The van der Waals surface area contributed by atoms with Crippen LogP contribution in [0.15, 0.2) is 87.2 Å². The number of rotatable bonds is 7. The van der Waals surface area contributed by atoms with Crippen molar-refractivity contribution in [1.29, 1.82) is 0 Å². The van der Waals surface area contributed by atoms with Crippen molar-refractivity contribution in [3.05, 3.63) is 98.9 Å². The van der Waals surface area contributed by atoms with Gasteiger partial charge in [-0.15, -0.1) is 0 Å². The molecule has 1 saturated heterocycles. The van der Waals surface area contributed by atoms with Crippen LogP contribution in [0.4, 0.5) is 5.69 Å². The summed E-state index contributed by atoms with van der Waals surface area (Å²) in [7, 11) is 0. The lowest BCUT2D eigenvalue weighted by molar-refractivity contribution is -0.122. The summed E-state index contributed by atoms with van der Waals surface area (Å²) in [4.78, 5) is 31.0. The SMILES string of the molecule is CCN1C(=O)/C(=C/c2ccccc2OCc2ccc(C(=O)O)cc2)SC1=Nc1ccc(Br)cc1. The van der Waals surface area contributed by atoms with Crippen molar-refractivity contribution in [2.75, 3.05) is 6.54 Å². The van der Waals surface area contributed by atoms with Gasteiger partial charge in [0.2, 0.25) is 0 Å². The number of ether oxygens (including phenoxy) is 1. The van der Waals surface area contributed by atoms with Gasteiger partial charge in [0.25, 0.3) is 5.91 Å². The summed E-state index contributed by atoms with van der Waals surface area (Å²) in [6.45, 7) is 2.72. The second-order valence-electron chi connectivity index (χ2n) is 7.36. The summed E-state index contributed by atoms with van der Waals surface area (Å²) in [6, 6.07) is 21.7. The van der Waals surface area contributed by atoms with Crippen LogP contribution in [0.25, 0.3) is 6.08 Å². The minimum Gasteiger partial charge on any atom is -0.488 e. The first kappa shape index (κ1) is 23.8. The van der Waals surface area contributed by atoms with Crippen LogP contribution in [0, 0.1) is 0 Å². The molecule has 0 aromatic heterocycles. The predicted octanol–water partition coefficient (Wildman–Crippen LogP) is 6.35. The summed E-state index contributed by atoms with van der Waals surface area (Å²) in [6.07, 6.45) is 1.82. The van der Waals surface area contributed by atoms with E-state index in [1.807, 2.05) is 61.5 Å². The molecule has 3 aromatic rings. The Balaban J connectivity index is 1.55. The van der Waals surface area contributed by atoms with Gasteiger partial charge in [0.15, 0.2) is 5.17 Å². The average Bonchev–Trinajstić information content (AvgIpc) is 3.13.